The summed E-state index contributed by atoms with van der Waals surface area (Å²) in [6.07, 6.45) is 4.00. The van der Waals surface area contributed by atoms with Gasteiger partial charge in [0.25, 0.3) is 0 Å². The Morgan fingerprint density at radius 2 is 2.11 bits per heavy atom. The van der Waals surface area contributed by atoms with Gasteiger partial charge in [0.05, 0.1) is 37.6 Å². The van der Waals surface area contributed by atoms with Crippen molar-refractivity contribution in [1.29, 1.82) is 0 Å². The lowest BCUT2D eigenvalue weighted by Gasteiger charge is -2.47. The van der Waals surface area contributed by atoms with Crippen molar-refractivity contribution in [1.82, 2.24) is 9.97 Å². The molecule has 3 heterocycles. The van der Waals surface area contributed by atoms with Gasteiger partial charge in [0.15, 0.2) is 5.82 Å². The average Bonchev–Trinajstić information content (AvgIpc) is 2.38. The number of aliphatic hydroxyl groups excluding tert-OH is 1. The van der Waals surface area contributed by atoms with Gasteiger partial charge in [0.1, 0.15) is 5.03 Å². The average molecular weight is 285 g/mol. The van der Waals surface area contributed by atoms with E-state index in [-0.39, 0.29) is 18.2 Å². The Bertz CT molecular complexity index is 462. The summed E-state index contributed by atoms with van der Waals surface area (Å²) in [5, 5.41) is 10.2. The molecule has 7 heteroatoms. The van der Waals surface area contributed by atoms with Gasteiger partial charge in [0, 0.05) is 0 Å². The Morgan fingerprint density at radius 1 is 1.42 bits per heavy atom. The molecule has 104 valence electrons. The van der Waals surface area contributed by atoms with Gasteiger partial charge in [-0.25, -0.2) is 14.4 Å². The minimum absolute atomic E-state index is 0.0719. The van der Waals surface area contributed by atoms with Crippen LogP contribution in [-0.2, 0) is 4.74 Å². The van der Waals surface area contributed by atoms with Crippen LogP contribution in [0, 0.1) is 5.82 Å². The molecule has 0 saturated carbocycles. The Labute approximate surface area is 115 Å². The minimum atomic E-state index is -0.394. The first kappa shape index (κ1) is 13.1. The highest BCUT2D eigenvalue weighted by atomic mass is 32.2. The van der Waals surface area contributed by atoms with Crippen LogP contribution in [0.5, 0.6) is 0 Å². The van der Waals surface area contributed by atoms with Crippen molar-refractivity contribution in [3.63, 3.8) is 0 Å². The number of hydrogen-bond acceptors (Lipinski definition) is 6. The van der Waals surface area contributed by atoms with E-state index in [1.807, 2.05) is 0 Å². The number of ether oxygens (including phenoxy) is 1. The fourth-order valence-corrected chi connectivity index (χ4v) is 3.24. The van der Waals surface area contributed by atoms with E-state index in [0.29, 0.717) is 37.0 Å². The normalized spacial score (nSPS) is 30.5. The molecule has 3 rings (SSSR count). The summed E-state index contributed by atoms with van der Waals surface area (Å²) in [6, 6.07) is 0.144. The van der Waals surface area contributed by atoms with Gasteiger partial charge >= 0.3 is 0 Å². The molecule has 2 aliphatic heterocycles. The Kier molecular flexibility index (Phi) is 3.60. The molecule has 2 saturated heterocycles. The van der Waals surface area contributed by atoms with Gasteiger partial charge < -0.3 is 14.7 Å². The molecule has 0 aromatic carbocycles. The molecule has 19 heavy (non-hydrogen) atoms. The molecule has 0 aliphatic carbocycles. The second-order valence-electron chi connectivity index (χ2n) is 4.90. The lowest BCUT2D eigenvalue weighted by molar-refractivity contribution is 0.000246. The predicted octanol–water partition coefficient (Wildman–Crippen LogP) is 1.07. The molecule has 1 aromatic heterocycles. The number of morpholine rings is 1. The van der Waals surface area contributed by atoms with E-state index in [2.05, 4.69) is 14.9 Å². The summed E-state index contributed by atoms with van der Waals surface area (Å²) in [5.74, 6) is 0.144. The van der Waals surface area contributed by atoms with Crippen LogP contribution in [0.25, 0.3) is 0 Å². The fraction of sp³-hybridized carbons (Fsp3) is 0.667. The van der Waals surface area contributed by atoms with Crippen LogP contribution in [-0.4, -0.2) is 52.7 Å². The fourth-order valence-electron chi connectivity index (χ4n) is 2.82. The van der Waals surface area contributed by atoms with Gasteiger partial charge in [0.2, 0.25) is 5.95 Å². The molecule has 2 bridgehead atoms. The quantitative estimate of drug-likeness (QED) is 0.648. The van der Waals surface area contributed by atoms with Gasteiger partial charge in [-0.3, -0.25) is 0 Å². The maximum Gasteiger partial charge on any atom is 0.227 e. The SMILES string of the molecule is CSc1nc(N2[C@@H]3COC[C@H]2CC(O)C3)ncc1F. The summed E-state index contributed by atoms with van der Waals surface area (Å²) >= 11 is 1.27. The number of hydrogen-bond donors (Lipinski definition) is 1. The largest absolute Gasteiger partial charge is 0.393 e. The van der Waals surface area contributed by atoms with Crippen molar-refractivity contribution in [3.05, 3.63) is 12.0 Å². The Hall–Kier alpha value is -0.920. The smallest absolute Gasteiger partial charge is 0.227 e. The third-order valence-corrected chi connectivity index (χ3v) is 4.29. The first-order valence-corrected chi connectivity index (χ1v) is 7.52. The molecular formula is C12H16FN3O2S. The van der Waals surface area contributed by atoms with Crippen molar-refractivity contribution in [2.24, 2.45) is 0 Å². The first-order valence-electron chi connectivity index (χ1n) is 6.29. The summed E-state index contributed by atoms with van der Waals surface area (Å²) < 4.78 is 19.0. The van der Waals surface area contributed by atoms with Crippen LogP contribution in [0.4, 0.5) is 10.3 Å². The zero-order valence-corrected chi connectivity index (χ0v) is 11.4. The number of aliphatic hydroxyl groups is 1. The number of nitrogens with zero attached hydrogens (tertiary/aromatic N) is 3. The van der Waals surface area contributed by atoms with E-state index in [1.54, 1.807) is 6.26 Å². The van der Waals surface area contributed by atoms with Gasteiger partial charge in [-0.2, -0.15) is 0 Å². The van der Waals surface area contributed by atoms with E-state index in [1.165, 1.54) is 18.0 Å². The third kappa shape index (κ3) is 2.42. The van der Waals surface area contributed by atoms with Crippen LogP contribution < -0.4 is 4.90 Å². The van der Waals surface area contributed by atoms with Crippen molar-refractivity contribution in [2.45, 2.75) is 36.1 Å². The standard InChI is InChI=1S/C12H16FN3O2S/c1-19-11-10(13)4-14-12(15-11)16-7-2-9(17)3-8(16)6-18-5-7/h4,7-9,17H,2-3,5-6H2,1H3/t7-,8+,9?. The van der Waals surface area contributed by atoms with Gasteiger partial charge in [-0.1, -0.05) is 0 Å². The zero-order chi connectivity index (χ0) is 13.4. The van der Waals surface area contributed by atoms with Crippen molar-refractivity contribution < 1.29 is 14.2 Å². The topological polar surface area (TPSA) is 58.5 Å². The highest BCUT2D eigenvalue weighted by molar-refractivity contribution is 7.98. The van der Waals surface area contributed by atoms with Crippen molar-refractivity contribution >= 4 is 17.7 Å². The van der Waals surface area contributed by atoms with Crippen LogP contribution in [0.1, 0.15) is 12.8 Å². The summed E-state index contributed by atoms with van der Waals surface area (Å²) in [4.78, 5) is 10.5. The van der Waals surface area contributed by atoms with E-state index in [9.17, 15) is 9.50 Å². The second kappa shape index (κ2) is 5.22. The maximum atomic E-state index is 13.5. The molecule has 0 spiro atoms. The molecule has 0 amide bonds. The Morgan fingerprint density at radius 3 is 2.74 bits per heavy atom. The van der Waals surface area contributed by atoms with Gasteiger partial charge in [-0.05, 0) is 19.1 Å². The van der Waals surface area contributed by atoms with E-state index in [0.717, 1.165) is 0 Å². The molecule has 2 aliphatic rings. The monoisotopic (exact) mass is 285 g/mol. The van der Waals surface area contributed by atoms with Crippen molar-refractivity contribution in [2.75, 3.05) is 24.4 Å². The molecule has 2 fully saturated rings. The summed E-state index contributed by atoms with van der Waals surface area (Å²) in [5.41, 5.74) is 0. The predicted molar refractivity (Wildman–Crippen MR) is 69.9 cm³/mol. The summed E-state index contributed by atoms with van der Waals surface area (Å²) in [7, 11) is 0. The van der Waals surface area contributed by atoms with Crippen molar-refractivity contribution in [3.8, 4) is 0 Å². The molecule has 5 nitrogen and oxygen atoms in total. The Balaban J connectivity index is 1.92. The van der Waals surface area contributed by atoms with Crippen LogP contribution >= 0.6 is 11.8 Å². The number of piperidine rings is 1. The van der Waals surface area contributed by atoms with Crippen LogP contribution in [0.3, 0.4) is 0 Å². The number of halogens is 1. The molecule has 0 radical (unpaired) electrons. The molecule has 1 unspecified atom stereocenters. The zero-order valence-electron chi connectivity index (χ0n) is 10.6. The highest BCUT2D eigenvalue weighted by Crippen LogP contribution is 2.31. The number of aromatic nitrogens is 2. The van der Waals surface area contributed by atoms with E-state index in [4.69, 9.17) is 4.74 Å². The third-order valence-electron chi connectivity index (χ3n) is 3.62. The first-order chi connectivity index (χ1) is 9.19. The summed E-state index contributed by atoms with van der Waals surface area (Å²) in [6.45, 7) is 1.12. The second-order valence-corrected chi connectivity index (χ2v) is 5.70. The van der Waals surface area contributed by atoms with Gasteiger partial charge in [-0.15, -0.1) is 11.8 Å². The van der Waals surface area contributed by atoms with E-state index >= 15 is 0 Å². The number of fused-ring (bicyclic) bond motifs is 2. The molecular weight excluding hydrogens is 269 g/mol. The molecule has 3 atom stereocenters. The van der Waals surface area contributed by atoms with Crippen LogP contribution in [0.2, 0.25) is 0 Å². The van der Waals surface area contributed by atoms with E-state index < -0.39 is 5.82 Å². The highest BCUT2D eigenvalue weighted by Gasteiger charge is 2.40. The number of thioether (sulfide) groups is 1. The lowest BCUT2D eigenvalue weighted by atomic mass is 9.92. The number of anilines is 1. The minimum Gasteiger partial charge on any atom is -0.393 e. The molecule has 1 aromatic rings. The molecule has 1 N–H and O–H groups in total. The van der Waals surface area contributed by atoms with Crippen LogP contribution in [0.15, 0.2) is 11.2 Å². The maximum absolute atomic E-state index is 13.5. The number of rotatable bonds is 2. The lowest BCUT2D eigenvalue weighted by Crippen LogP contribution is -2.59.